The number of nitrogens with one attached hydrogen (secondary N) is 1. The van der Waals surface area contributed by atoms with E-state index in [-0.39, 0.29) is 11.8 Å². The Labute approximate surface area is 124 Å². The third-order valence-electron chi connectivity index (χ3n) is 3.06. The zero-order valence-electron chi connectivity index (χ0n) is 10.7. The van der Waals surface area contributed by atoms with Crippen molar-refractivity contribution in [2.45, 2.75) is 12.7 Å². The molecule has 0 fully saturated rings. The van der Waals surface area contributed by atoms with Crippen LogP contribution in [0.1, 0.15) is 11.6 Å². The van der Waals surface area contributed by atoms with Crippen LogP contribution in [-0.4, -0.2) is 28.6 Å². The lowest BCUT2D eigenvalue weighted by atomic mass is 10.0. The van der Waals surface area contributed by atoms with Crippen molar-refractivity contribution in [3.63, 3.8) is 0 Å². The maximum absolute atomic E-state index is 12.1. The molecule has 1 aliphatic rings. The summed E-state index contributed by atoms with van der Waals surface area (Å²) in [6.07, 6.45) is 3.26. The lowest BCUT2D eigenvalue weighted by Crippen LogP contribution is -2.21. The molecule has 5 nitrogen and oxygen atoms in total. The Morgan fingerprint density at radius 1 is 1.33 bits per heavy atom. The summed E-state index contributed by atoms with van der Waals surface area (Å²) in [5.74, 6) is 0.110. The first-order chi connectivity index (χ1) is 10.1. The van der Waals surface area contributed by atoms with Crippen LogP contribution in [0.25, 0.3) is 0 Å². The van der Waals surface area contributed by atoms with Crippen LogP contribution in [-0.2, 0) is 0 Å². The molecule has 0 saturated carbocycles. The number of halogens is 3. The molecule has 0 aliphatic carbocycles. The number of benzene rings is 1. The zero-order chi connectivity index (χ0) is 14.8. The first kappa shape index (κ1) is 13.8. The Morgan fingerprint density at radius 2 is 2.10 bits per heavy atom. The highest BCUT2D eigenvalue weighted by atomic mass is 35.5. The maximum Gasteiger partial charge on any atom is 0.387 e. The molecule has 21 heavy (non-hydrogen) atoms. The fourth-order valence-electron chi connectivity index (χ4n) is 2.16. The van der Waals surface area contributed by atoms with Crippen molar-refractivity contribution in [2.75, 3.05) is 6.54 Å². The molecule has 8 heteroatoms. The maximum atomic E-state index is 12.1. The lowest BCUT2D eigenvalue weighted by Gasteiger charge is -2.13. The van der Waals surface area contributed by atoms with Gasteiger partial charge < -0.3 is 10.2 Å². The number of ether oxygens (including phenoxy) is 1. The summed E-state index contributed by atoms with van der Waals surface area (Å²) in [4.78, 5) is 0. The van der Waals surface area contributed by atoms with Crippen LogP contribution in [0.5, 0.6) is 5.75 Å². The molecule has 110 valence electrons. The van der Waals surface area contributed by atoms with E-state index in [0.717, 1.165) is 11.3 Å². The van der Waals surface area contributed by atoms with Gasteiger partial charge in [-0.25, -0.2) is 0 Å². The molecular formula is C13H11ClF2N4O. The predicted octanol–water partition coefficient (Wildman–Crippen LogP) is 2.69. The smallest absolute Gasteiger partial charge is 0.387 e. The van der Waals surface area contributed by atoms with Gasteiger partial charge in [-0.2, -0.15) is 19.0 Å². The van der Waals surface area contributed by atoms with Crippen LogP contribution in [0.2, 0.25) is 5.02 Å². The number of alkyl halides is 2. The van der Waals surface area contributed by atoms with Crippen LogP contribution < -0.4 is 10.2 Å². The first-order valence-corrected chi connectivity index (χ1v) is 6.56. The van der Waals surface area contributed by atoms with Crippen molar-refractivity contribution in [3.8, 4) is 5.75 Å². The Kier molecular flexibility index (Phi) is 3.74. The summed E-state index contributed by atoms with van der Waals surface area (Å²) in [5, 5.41) is 8.95. The van der Waals surface area contributed by atoms with E-state index in [1.165, 1.54) is 12.1 Å². The topological polar surface area (TPSA) is 51.4 Å². The highest BCUT2D eigenvalue weighted by Gasteiger charge is 2.25. The number of aromatic nitrogens is 2. The third-order valence-corrected chi connectivity index (χ3v) is 3.26. The van der Waals surface area contributed by atoms with Gasteiger partial charge in [0.05, 0.1) is 23.5 Å². The Bertz CT molecular complexity index is 656. The van der Waals surface area contributed by atoms with Crippen molar-refractivity contribution in [2.24, 2.45) is 5.10 Å². The Balaban J connectivity index is 1.82. The van der Waals surface area contributed by atoms with Crippen LogP contribution in [0.4, 0.5) is 8.78 Å². The molecule has 0 spiro atoms. The largest absolute Gasteiger partial charge is 0.435 e. The monoisotopic (exact) mass is 312 g/mol. The van der Waals surface area contributed by atoms with Gasteiger partial charge in [0.2, 0.25) is 0 Å². The average Bonchev–Trinajstić information content (AvgIpc) is 3.07. The van der Waals surface area contributed by atoms with Crippen LogP contribution >= 0.6 is 11.6 Å². The SMILES string of the molecule is FC(F)Oc1ccc(C2=NNCC2n2cc(Cl)cn2)cc1. The normalized spacial score (nSPS) is 17.7. The molecule has 0 bridgehead atoms. The summed E-state index contributed by atoms with van der Waals surface area (Å²) in [6, 6.07) is 6.23. The highest BCUT2D eigenvalue weighted by molar-refractivity contribution is 6.30. The van der Waals surface area contributed by atoms with Gasteiger partial charge >= 0.3 is 6.61 Å². The quantitative estimate of drug-likeness (QED) is 0.944. The molecule has 0 saturated heterocycles. The predicted molar refractivity (Wildman–Crippen MR) is 73.9 cm³/mol. The van der Waals surface area contributed by atoms with E-state index < -0.39 is 6.61 Å². The Morgan fingerprint density at radius 3 is 2.71 bits per heavy atom. The molecule has 1 aliphatic heterocycles. The summed E-state index contributed by atoms with van der Waals surface area (Å²) in [5.41, 5.74) is 4.47. The molecule has 1 aromatic heterocycles. The fraction of sp³-hybridized carbons (Fsp3) is 0.231. The molecule has 0 amide bonds. The van der Waals surface area contributed by atoms with E-state index in [2.05, 4.69) is 20.4 Å². The molecule has 1 aromatic carbocycles. The zero-order valence-corrected chi connectivity index (χ0v) is 11.5. The van der Waals surface area contributed by atoms with Crippen LogP contribution in [0.3, 0.4) is 0 Å². The third kappa shape index (κ3) is 2.97. The van der Waals surface area contributed by atoms with Crippen molar-refractivity contribution in [1.82, 2.24) is 15.2 Å². The highest BCUT2D eigenvalue weighted by Crippen LogP contribution is 2.22. The molecule has 1 atom stereocenters. The Hall–Kier alpha value is -2.15. The molecule has 2 heterocycles. The summed E-state index contributed by atoms with van der Waals surface area (Å²) < 4.78 is 30.3. The minimum atomic E-state index is -2.83. The number of rotatable bonds is 4. The van der Waals surface area contributed by atoms with E-state index in [9.17, 15) is 8.78 Å². The van der Waals surface area contributed by atoms with Gasteiger partial charge in [-0.15, -0.1) is 0 Å². The number of hydrazone groups is 1. The molecule has 0 radical (unpaired) electrons. The van der Waals surface area contributed by atoms with Crippen LogP contribution in [0.15, 0.2) is 41.8 Å². The van der Waals surface area contributed by atoms with Crippen molar-refractivity contribution < 1.29 is 13.5 Å². The summed E-state index contributed by atoms with van der Waals surface area (Å²) in [6.45, 7) is -2.25. The van der Waals surface area contributed by atoms with Gasteiger partial charge in [-0.3, -0.25) is 4.68 Å². The van der Waals surface area contributed by atoms with E-state index in [4.69, 9.17) is 11.6 Å². The average molecular weight is 313 g/mol. The van der Waals surface area contributed by atoms with Gasteiger partial charge in [-0.1, -0.05) is 11.6 Å². The second kappa shape index (κ2) is 5.69. The molecule has 1 N–H and O–H groups in total. The number of hydrogen-bond donors (Lipinski definition) is 1. The van der Waals surface area contributed by atoms with E-state index in [1.807, 2.05) is 0 Å². The van der Waals surface area contributed by atoms with Crippen molar-refractivity contribution >= 4 is 17.3 Å². The minimum Gasteiger partial charge on any atom is -0.435 e. The summed E-state index contributed by atoms with van der Waals surface area (Å²) >= 11 is 5.87. The fourth-order valence-corrected chi connectivity index (χ4v) is 2.30. The van der Waals surface area contributed by atoms with Gasteiger partial charge in [-0.05, 0) is 24.3 Å². The molecule has 1 unspecified atom stereocenters. The number of hydrogen-bond acceptors (Lipinski definition) is 4. The summed E-state index contributed by atoms with van der Waals surface area (Å²) in [7, 11) is 0. The molecule has 3 rings (SSSR count). The van der Waals surface area contributed by atoms with E-state index in [1.54, 1.807) is 29.2 Å². The van der Waals surface area contributed by atoms with Gasteiger partial charge in [0.15, 0.2) is 0 Å². The van der Waals surface area contributed by atoms with E-state index >= 15 is 0 Å². The lowest BCUT2D eigenvalue weighted by molar-refractivity contribution is -0.0498. The first-order valence-electron chi connectivity index (χ1n) is 6.19. The molecule has 2 aromatic rings. The van der Waals surface area contributed by atoms with E-state index in [0.29, 0.717) is 11.6 Å². The van der Waals surface area contributed by atoms with Gasteiger partial charge in [0.1, 0.15) is 11.8 Å². The second-order valence-electron chi connectivity index (χ2n) is 4.42. The minimum absolute atomic E-state index is 0.0978. The molecular weight excluding hydrogens is 302 g/mol. The van der Waals surface area contributed by atoms with Crippen molar-refractivity contribution in [1.29, 1.82) is 0 Å². The standard InChI is InChI=1S/C13H11ClF2N4O/c14-9-5-18-20(7-9)11-6-17-19-12(11)8-1-3-10(4-2-8)21-13(15)16/h1-5,7,11,13,17H,6H2. The van der Waals surface area contributed by atoms with Crippen LogP contribution in [0, 0.1) is 0 Å². The second-order valence-corrected chi connectivity index (χ2v) is 4.85. The van der Waals surface area contributed by atoms with Gasteiger partial charge in [0.25, 0.3) is 0 Å². The number of nitrogens with zero attached hydrogens (tertiary/aromatic N) is 3. The van der Waals surface area contributed by atoms with Crippen molar-refractivity contribution in [3.05, 3.63) is 47.2 Å². The van der Waals surface area contributed by atoms with Gasteiger partial charge in [0, 0.05) is 11.8 Å².